The van der Waals surface area contributed by atoms with Crippen LogP contribution >= 0.6 is 31.9 Å². The third kappa shape index (κ3) is 5.41. The van der Waals surface area contributed by atoms with Crippen molar-refractivity contribution in [3.63, 3.8) is 0 Å². The summed E-state index contributed by atoms with van der Waals surface area (Å²) in [5.41, 5.74) is 3.29. The van der Waals surface area contributed by atoms with Gasteiger partial charge in [-0.3, -0.25) is 9.59 Å². The highest BCUT2D eigenvalue weighted by Gasteiger charge is 2.57. The first kappa shape index (κ1) is 31.3. The molecule has 8 heteroatoms. The van der Waals surface area contributed by atoms with E-state index in [-0.39, 0.29) is 22.9 Å². The third-order valence-electron chi connectivity index (χ3n) is 10.5. The van der Waals surface area contributed by atoms with E-state index in [0.717, 1.165) is 47.5 Å². The van der Waals surface area contributed by atoms with Gasteiger partial charge >= 0.3 is 0 Å². The SMILES string of the molecule is O=C(c1ncccc1Br)N1[C@@H]2CCCC[C@@]1(c1ccccc1)C2.O=C(c1ncccc1Br)N1[C@@H]2CCCC[C@@]1(c1ccccc1)C2. The minimum Gasteiger partial charge on any atom is -0.324 e. The average molecular weight is 743 g/mol. The van der Waals surface area contributed by atoms with Crippen LogP contribution in [0.3, 0.4) is 0 Å². The Hall–Kier alpha value is -3.36. The second-order valence-corrected chi connectivity index (χ2v) is 14.7. The molecule has 2 aromatic heterocycles. The number of aromatic nitrogens is 2. The van der Waals surface area contributed by atoms with Gasteiger partial charge in [0.15, 0.2) is 0 Å². The topological polar surface area (TPSA) is 66.4 Å². The molecule has 6 nitrogen and oxygen atoms in total. The smallest absolute Gasteiger partial charge is 0.274 e. The highest BCUT2D eigenvalue weighted by molar-refractivity contribution is 9.10. The maximum atomic E-state index is 13.2. The Morgan fingerprint density at radius 2 is 1.00 bits per heavy atom. The molecule has 4 aromatic rings. The lowest BCUT2D eigenvalue weighted by atomic mass is 9.71. The molecular weight excluding hydrogens is 704 g/mol. The molecule has 0 saturated carbocycles. The van der Waals surface area contributed by atoms with E-state index in [1.54, 1.807) is 12.4 Å². The molecule has 8 rings (SSSR count). The Balaban J connectivity index is 0.000000147. The number of rotatable bonds is 4. The molecule has 0 spiro atoms. The summed E-state index contributed by atoms with van der Waals surface area (Å²) in [6, 6.07) is 29.2. The van der Waals surface area contributed by atoms with Crippen LogP contribution in [0, 0.1) is 0 Å². The monoisotopic (exact) mass is 740 g/mol. The number of carbonyl (C=O) groups is 2. The minimum absolute atomic E-state index is 0.0551. The first-order valence-corrected chi connectivity index (χ1v) is 18.0. The number of hydrogen-bond donors (Lipinski definition) is 0. The molecule has 0 N–H and O–H groups in total. The number of carbonyl (C=O) groups excluding carboxylic acids is 2. The van der Waals surface area contributed by atoms with Gasteiger partial charge in [-0.1, -0.05) is 86.3 Å². The fraction of sp³-hybridized carbons (Fsp3) is 0.368. The molecule has 236 valence electrons. The summed E-state index contributed by atoms with van der Waals surface area (Å²) in [7, 11) is 0. The number of pyridine rings is 2. The summed E-state index contributed by atoms with van der Waals surface area (Å²) in [5.74, 6) is 0.110. The van der Waals surface area contributed by atoms with E-state index in [9.17, 15) is 9.59 Å². The fourth-order valence-electron chi connectivity index (χ4n) is 8.47. The third-order valence-corrected chi connectivity index (χ3v) is 11.8. The van der Waals surface area contributed by atoms with Crippen LogP contribution < -0.4 is 0 Å². The number of benzene rings is 2. The van der Waals surface area contributed by atoms with Crippen molar-refractivity contribution in [3.05, 3.63) is 129 Å². The molecule has 2 amide bonds. The zero-order chi connectivity index (χ0) is 31.7. The van der Waals surface area contributed by atoms with Crippen molar-refractivity contribution in [2.24, 2.45) is 0 Å². The van der Waals surface area contributed by atoms with E-state index >= 15 is 0 Å². The number of nitrogens with zero attached hydrogens (tertiary/aromatic N) is 4. The molecule has 4 aliphatic heterocycles. The van der Waals surface area contributed by atoms with E-state index < -0.39 is 0 Å². The van der Waals surface area contributed by atoms with Gasteiger partial charge in [0.05, 0.1) is 11.1 Å². The summed E-state index contributed by atoms with van der Waals surface area (Å²) < 4.78 is 1.55. The van der Waals surface area contributed by atoms with Crippen LogP contribution in [-0.2, 0) is 11.1 Å². The molecular formula is C38H38Br2N4O2. The average Bonchev–Trinajstić information content (AvgIpc) is 3.58. The van der Waals surface area contributed by atoms with Crippen LogP contribution in [0.15, 0.2) is 106 Å². The largest absolute Gasteiger partial charge is 0.324 e. The summed E-state index contributed by atoms with van der Waals surface area (Å²) in [4.78, 5) is 39.3. The van der Waals surface area contributed by atoms with E-state index in [4.69, 9.17) is 0 Å². The van der Waals surface area contributed by atoms with Gasteiger partial charge < -0.3 is 9.80 Å². The molecule has 0 unspecified atom stereocenters. The molecule has 2 aromatic carbocycles. The summed E-state index contributed by atoms with van der Waals surface area (Å²) in [5, 5.41) is 0. The van der Waals surface area contributed by atoms with Gasteiger partial charge in [0.25, 0.3) is 11.8 Å². The maximum absolute atomic E-state index is 13.2. The molecule has 6 heterocycles. The number of amides is 2. The molecule has 4 saturated heterocycles. The molecule has 4 atom stereocenters. The van der Waals surface area contributed by atoms with Gasteiger partial charge in [-0.25, -0.2) is 9.97 Å². The molecule has 4 fully saturated rings. The highest BCUT2D eigenvalue weighted by Crippen LogP contribution is 2.54. The van der Waals surface area contributed by atoms with Gasteiger partial charge in [-0.15, -0.1) is 0 Å². The summed E-state index contributed by atoms with van der Waals surface area (Å²) in [6.07, 6.45) is 14.6. The van der Waals surface area contributed by atoms with Gasteiger partial charge in [0, 0.05) is 33.4 Å². The van der Waals surface area contributed by atoms with Gasteiger partial charge in [-0.05, 0) is 106 Å². The predicted molar refractivity (Wildman–Crippen MR) is 186 cm³/mol. The highest BCUT2D eigenvalue weighted by atomic mass is 79.9. The zero-order valence-electron chi connectivity index (χ0n) is 25.8. The zero-order valence-corrected chi connectivity index (χ0v) is 29.0. The first-order chi connectivity index (χ1) is 22.4. The lowest BCUT2D eigenvalue weighted by molar-refractivity contribution is -0.0502. The van der Waals surface area contributed by atoms with Crippen LogP contribution in [0.1, 0.15) is 96.3 Å². The summed E-state index contributed by atoms with van der Waals surface area (Å²) >= 11 is 6.96. The quantitative estimate of drug-likeness (QED) is 0.209. The van der Waals surface area contributed by atoms with E-state index in [1.165, 1.54) is 36.8 Å². The second-order valence-electron chi connectivity index (χ2n) is 13.0. The van der Waals surface area contributed by atoms with Crippen molar-refractivity contribution in [2.45, 2.75) is 87.4 Å². The normalized spacial score (nSPS) is 26.3. The molecule has 4 bridgehead atoms. The Morgan fingerprint density at radius 3 is 1.39 bits per heavy atom. The van der Waals surface area contributed by atoms with E-state index in [2.05, 4.69) is 100 Å². The predicted octanol–water partition coefficient (Wildman–Crippen LogP) is 9.06. The Kier molecular flexibility index (Phi) is 8.85. The van der Waals surface area contributed by atoms with E-state index in [1.807, 2.05) is 36.4 Å². The van der Waals surface area contributed by atoms with Crippen molar-refractivity contribution >= 4 is 43.7 Å². The van der Waals surface area contributed by atoms with Crippen LogP contribution in [0.5, 0.6) is 0 Å². The molecule has 46 heavy (non-hydrogen) atoms. The standard InChI is InChI=1S/2C19H19BrN2O/c2*20-16-10-6-12-21-17(16)18(23)22-15-9-4-5-11-19(22,13-15)14-7-2-1-3-8-14/h2*1-3,6-8,10,12,15H,4-5,9,11,13H2/t2*15-,19+/m11/s1. The van der Waals surface area contributed by atoms with Crippen molar-refractivity contribution < 1.29 is 9.59 Å². The second kappa shape index (κ2) is 13.0. The van der Waals surface area contributed by atoms with E-state index in [0.29, 0.717) is 23.5 Å². The van der Waals surface area contributed by atoms with Crippen molar-refractivity contribution in [2.75, 3.05) is 0 Å². The van der Waals surface area contributed by atoms with Gasteiger partial charge in [0.1, 0.15) is 11.4 Å². The molecule has 0 radical (unpaired) electrons. The Bertz CT molecular complexity index is 1590. The van der Waals surface area contributed by atoms with Crippen LogP contribution in [0.2, 0.25) is 0 Å². The van der Waals surface area contributed by atoms with Crippen LogP contribution in [0.25, 0.3) is 0 Å². The van der Waals surface area contributed by atoms with Crippen LogP contribution in [-0.4, -0.2) is 43.7 Å². The first-order valence-electron chi connectivity index (χ1n) is 16.4. The van der Waals surface area contributed by atoms with Crippen molar-refractivity contribution in [1.82, 2.24) is 19.8 Å². The number of fused-ring (bicyclic) bond motifs is 4. The molecule has 4 aliphatic rings. The minimum atomic E-state index is -0.142. The number of hydrogen-bond acceptors (Lipinski definition) is 4. The lowest BCUT2D eigenvalue weighted by Gasteiger charge is -2.57. The Labute approximate surface area is 287 Å². The summed E-state index contributed by atoms with van der Waals surface area (Å²) in [6.45, 7) is 0. The van der Waals surface area contributed by atoms with Crippen molar-refractivity contribution in [3.8, 4) is 0 Å². The number of halogens is 2. The van der Waals surface area contributed by atoms with Crippen molar-refractivity contribution in [1.29, 1.82) is 0 Å². The van der Waals surface area contributed by atoms with Gasteiger partial charge in [-0.2, -0.15) is 0 Å². The maximum Gasteiger partial charge on any atom is 0.274 e. The Morgan fingerprint density at radius 1 is 0.587 bits per heavy atom. The fourth-order valence-corrected chi connectivity index (χ4v) is 9.32. The van der Waals surface area contributed by atoms with Crippen LogP contribution in [0.4, 0.5) is 0 Å². The van der Waals surface area contributed by atoms with Gasteiger partial charge in [0.2, 0.25) is 0 Å². The lowest BCUT2D eigenvalue weighted by Crippen LogP contribution is -2.64. The molecule has 0 aliphatic carbocycles.